The first-order valence-electron chi connectivity index (χ1n) is 9.38. The number of anilines is 3. The van der Waals surface area contributed by atoms with Crippen molar-refractivity contribution in [2.75, 3.05) is 17.1 Å². The number of rotatable bonds is 7. The Bertz CT molecular complexity index is 1100. The molecule has 1 fully saturated rings. The molecule has 1 aliphatic rings. The van der Waals surface area contributed by atoms with Gasteiger partial charge >= 0.3 is 0 Å². The van der Waals surface area contributed by atoms with Gasteiger partial charge in [0.1, 0.15) is 17.3 Å². The van der Waals surface area contributed by atoms with Crippen LogP contribution in [-0.2, 0) is 17.1 Å². The molecule has 0 bridgehead atoms. The van der Waals surface area contributed by atoms with Crippen LogP contribution >= 0.6 is 0 Å². The highest BCUT2D eigenvalue weighted by Crippen LogP contribution is 2.44. The van der Waals surface area contributed by atoms with Crippen molar-refractivity contribution in [3.63, 3.8) is 0 Å². The van der Waals surface area contributed by atoms with Gasteiger partial charge in [0, 0.05) is 13.1 Å². The van der Waals surface area contributed by atoms with E-state index >= 15 is 0 Å². The quantitative estimate of drug-likeness (QED) is 0.713. The van der Waals surface area contributed by atoms with Crippen LogP contribution in [0.4, 0.5) is 21.6 Å². The van der Waals surface area contributed by atoms with E-state index in [1.54, 1.807) is 13.0 Å². The number of benzene rings is 1. The van der Waals surface area contributed by atoms with Crippen LogP contribution in [0.1, 0.15) is 25.8 Å². The second-order valence-electron chi connectivity index (χ2n) is 7.77. The number of halogens is 1. The Morgan fingerprint density at radius 2 is 1.97 bits per heavy atom. The van der Waals surface area contributed by atoms with E-state index in [-0.39, 0.29) is 34.8 Å². The van der Waals surface area contributed by atoms with Gasteiger partial charge in [-0.1, -0.05) is 19.9 Å². The van der Waals surface area contributed by atoms with Crippen LogP contribution in [0.5, 0.6) is 5.75 Å². The highest BCUT2D eigenvalue weighted by Gasteiger charge is 2.49. The molecular formula is C20H26FN3O4S. The molecule has 1 aliphatic carbocycles. The average Bonchev–Trinajstić information content (AvgIpc) is 3.44. The third-order valence-corrected chi connectivity index (χ3v) is 7.11. The first-order chi connectivity index (χ1) is 13.5. The summed E-state index contributed by atoms with van der Waals surface area (Å²) in [7, 11) is -0.889. The van der Waals surface area contributed by atoms with Crippen molar-refractivity contribution in [1.29, 1.82) is 0 Å². The SMILES string of the molecule is COc1cc(=O)n(C)c(Nc2ccc(C)cc2F)c1NS(=O)(=O)C1CC1C(C)C. The fourth-order valence-electron chi connectivity index (χ4n) is 3.40. The van der Waals surface area contributed by atoms with Crippen molar-refractivity contribution >= 4 is 27.2 Å². The number of hydrogen-bond donors (Lipinski definition) is 2. The third-order valence-electron chi connectivity index (χ3n) is 5.28. The molecule has 0 radical (unpaired) electrons. The fraction of sp³-hybridized carbons (Fsp3) is 0.450. The van der Waals surface area contributed by atoms with E-state index in [4.69, 9.17) is 4.74 Å². The summed E-state index contributed by atoms with van der Waals surface area (Å²) in [5, 5.41) is 2.34. The molecule has 1 aromatic heterocycles. The number of nitrogens with zero attached hydrogens (tertiary/aromatic N) is 1. The van der Waals surface area contributed by atoms with E-state index in [1.165, 1.54) is 36.9 Å². The predicted octanol–water partition coefficient (Wildman–Crippen LogP) is 3.37. The summed E-state index contributed by atoms with van der Waals surface area (Å²) < 4.78 is 49.2. The molecule has 29 heavy (non-hydrogen) atoms. The molecule has 2 atom stereocenters. The van der Waals surface area contributed by atoms with Crippen LogP contribution in [0.15, 0.2) is 29.1 Å². The van der Waals surface area contributed by atoms with Gasteiger partial charge in [0.25, 0.3) is 5.56 Å². The number of methoxy groups -OCH3 is 1. The van der Waals surface area contributed by atoms with Crippen LogP contribution in [-0.4, -0.2) is 25.3 Å². The monoisotopic (exact) mass is 423 g/mol. The molecule has 1 saturated carbocycles. The number of aromatic nitrogens is 1. The summed E-state index contributed by atoms with van der Waals surface area (Å²) >= 11 is 0. The second kappa shape index (κ2) is 7.70. The van der Waals surface area contributed by atoms with Crippen LogP contribution in [0.2, 0.25) is 0 Å². The van der Waals surface area contributed by atoms with Gasteiger partial charge in [-0.2, -0.15) is 0 Å². The Balaban J connectivity index is 2.06. The molecule has 2 N–H and O–H groups in total. The largest absolute Gasteiger partial charge is 0.494 e. The van der Waals surface area contributed by atoms with Crippen LogP contribution < -0.4 is 20.3 Å². The topological polar surface area (TPSA) is 89.4 Å². The smallest absolute Gasteiger partial charge is 0.255 e. The number of aryl methyl sites for hydroxylation is 1. The maximum absolute atomic E-state index is 14.4. The van der Waals surface area contributed by atoms with Crippen LogP contribution in [0, 0.1) is 24.6 Å². The van der Waals surface area contributed by atoms with Gasteiger partial charge < -0.3 is 10.1 Å². The maximum atomic E-state index is 14.4. The van der Waals surface area contributed by atoms with E-state index in [0.717, 1.165) is 5.56 Å². The molecule has 3 rings (SSSR count). The van der Waals surface area contributed by atoms with E-state index in [2.05, 4.69) is 10.0 Å². The van der Waals surface area contributed by atoms with Crippen molar-refractivity contribution in [3.05, 3.63) is 46.0 Å². The molecule has 2 aromatic rings. The Morgan fingerprint density at radius 1 is 1.28 bits per heavy atom. The van der Waals surface area contributed by atoms with Gasteiger partial charge in [0.15, 0.2) is 5.75 Å². The third kappa shape index (κ3) is 4.24. The molecular weight excluding hydrogens is 397 g/mol. The number of sulfonamides is 1. The van der Waals surface area contributed by atoms with Gasteiger partial charge in [-0.05, 0) is 42.9 Å². The van der Waals surface area contributed by atoms with Crippen molar-refractivity contribution in [1.82, 2.24) is 4.57 Å². The summed E-state index contributed by atoms with van der Waals surface area (Å²) in [5.41, 5.74) is 0.503. The van der Waals surface area contributed by atoms with Gasteiger partial charge in [0.2, 0.25) is 10.0 Å². The van der Waals surface area contributed by atoms with Gasteiger partial charge in [-0.15, -0.1) is 0 Å². The number of pyridine rings is 1. The standard InChI is InChI=1S/C20H26FN3O4S/c1-11(2)13-9-17(13)29(26,27)23-19-16(28-5)10-18(25)24(4)20(19)22-15-7-6-12(3)8-14(15)21/h6-8,10-11,13,17,22-23H,9H2,1-5H3. The summed E-state index contributed by atoms with van der Waals surface area (Å²) in [6, 6.07) is 5.79. The highest BCUT2D eigenvalue weighted by molar-refractivity contribution is 7.93. The lowest BCUT2D eigenvalue weighted by Gasteiger charge is -2.20. The molecule has 2 unspecified atom stereocenters. The van der Waals surface area contributed by atoms with Crippen molar-refractivity contribution in [3.8, 4) is 5.75 Å². The normalized spacial score (nSPS) is 18.6. The molecule has 0 saturated heterocycles. The Labute approximate surface area is 169 Å². The average molecular weight is 424 g/mol. The lowest BCUT2D eigenvalue weighted by Crippen LogP contribution is -2.25. The zero-order valence-corrected chi connectivity index (χ0v) is 17.9. The van der Waals surface area contributed by atoms with E-state index < -0.39 is 26.6 Å². The minimum Gasteiger partial charge on any atom is -0.494 e. The Kier molecular flexibility index (Phi) is 5.62. The van der Waals surface area contributed by atoms with Gasteiger partial charge in [-0.3, -0.25) is 14.1 Å². The van der Waals surface area contributed by atoms with Gasteiger partial charge in [0.05, 0.1) is 18.0 Å². The maximum Gasteiger partial charge on any atom is 0.255 e. The Morgan fingerprint density at radius 3 is 2.52 bits per heavy atom. The van der Waals surface area contributed by atoms with E-state index in [1.807, 2.05) is 13.8 Å². The summed E-state index contributed by atoms with van der Waals surface area (Å²) in [6.45, 7) is 5.73. The zero-order chi connectivity index (χ0) is 21.5. The predicted molar refractivity (Wildman–Crippen MR) is 112 cm³/mol. The summed E-state index contributed by atoms with van der Waals surface area (Å²) in [4.78, 5) is 12.3. The Hall–Kier alpha value is -2.55. The minimum absolute atomic E-state index is 0.0634. The lowest BCUT2D eigenvalue weighted by atomic mass is 10.1. The number of ether oxygens (including phenoxy) is 1. The molecule has 0 spiro atoms. The van der Waals surface area contributed by atoms with Crippen molar-refractivity contribution in [2.45, 2.75) is 32.4 Å². The number of hydrogen-bond acceptors (Lipinski definition) is 5. The fourth-order valence-corrected chi connectivity index (χ4v) is 5.28. The van der Waals surface area contributed by atoms with Gasteiger partial charge in [-0.25, -0.2) is 12.8 Å². The molecule has 158 valence electrons. The lowest BCUT2D eigenvalue weighted by molar-refractivity contribution is 0.415. The molecule has 1 aromatic carbocycles. The van der Waals surface area contributed by atoms with Crippen LogP contribution in [0.25, 0.3) is 0 Å². The first-order valence-corrected chi connectivity index (χ1v) is 10.9. The second-order valence-corrected chi connectivity index (χ2v) is 9.67. The molecule has 1 heterocycles. The van der Waals surface area contributed by atoms with E-state index in [9.17, 15) is 17.6 Å². The highest BCUT2D eigenvalue weighted by atomic mass is 32.2. The first kappa shape index (κ1) is 21.2. The molecule has 0 aliphatic heterocycles. The summed E-state index contributed by atoms with van der Waals surface area (Å²) in [6.07, 6.45) is 0.580. The summed E-state index contributed by atoms with van der Waals surface area (Å²) in [5.74, 6) is -0.0261. The van der Waals surface area contributed by atoms with E-state index in [0.29, 0.717) is 6.42 Å². The number of nitrogens with one attached hydrogen (secondary N) is 2. The molecule has 7 nitrogen and oxygen atoms in total. The van der Waals surface area contributed by atoms with Crippen molar-refractivity contribution in [2.24, 2.45) is 18.9 Å². The molecule has 0 amide bonds. The van der Waals surface area contributed by atoms with Crippen LogP contribution in [0.3, 0.4) is 0 Å². The minimum atomic E-state index is -3.71. The zero-order valence-electron chi connectivity index (χ0n) is 17.1. The molecule has 9 heteroatoms. The van der Waals surface area contributed by atoms with Crippen molar-refractivity contribution < 1.29 is 17.5 Å².